The van der Waals surface area contributed by atoms with Gasteiger partial charge in [-0.15, -0.1) is 0 Å². The smallest absolute Gasteiger partial charge is 0.414 e. The zero-order chi connectivity index (χ0) is 44.5. The van der Waals surface area contributed by atoms with Crippen molar-refractivity contribution in [1.29, 1.82) is 0 Å². The van der Waals surface area contributed by atoms with Crippen LogP contribution in [0.15, 0.2) is 133 Å². The Morgan fingerprint density at radius 3 is 0.844 bits per heavy atom. The lowest BCUT2D eigenvalue weighted by Crippen LogP contribution is -2.31. The Bertz CT molecular complexity index is 2750. The van der Waals surface area contributed by atoms with Crippen LogP contribution in [0, 0.1) is 0 Å². The normalized spacial score (nSPS) is 13.2. The lowest BCUT2D eigenvalue weighted by Gasteiger charge is -2.24. The molecule has 0 fully saturated rings. The molecular formula is C50H42N6O8. The fraction of sp³-hybridized carbons (Fsp3) is 0.160. The topological polar surface area (TPSA) is 144 Å². The van der Waals surface area contributed by atoms with Crippen molar-refractivity contribution in [2.45, 2.75) is 26.2 Å². The second-order valence-electron chi connectivity index (χ2n) is 15.3. The van der Waals surface area contributed by atoms with E-state index in [0.717, 1.165) is 43.8 Å². The van der Waals surface area contributed by atoms with Crippen molar-refractivity contribution >= 4 is 90.7 Å². The van der Waals surface area contributed by atoms with Gasteiger partial charge in [0.2, 0.25) is 0 Å². The first-order chi connectivity index (χ1) is 31.1. The highest BCUT2D eigenvalue weighted by Crippen LogP contribution is 2.32. The molecule has 0 aliphatic carbocycles. The molecular weight excluding hydrogens is 813 g/mol. The number of fused-ring (bicyclic) bond motifs is 8. The van der Waals surface area contributed by atoms with E-state index in [0.29, 0.717) is 44.8 Å². The molecule has 8 aromatic rings. The first-order valence-electron chi connectivity index (χ1n) is 20.4. The number of pyridine rings is 2. The fourth-order valence-corrected chi connectivity index (χ4v) is 8.14. The van der Waals surface area contributed by atoms with Gasteiger partial charge in [-0.3, -0.25) is 19.6 Å². The lowest BCUT2D eigenvalue weighted by molar-refractivity contribution is 0.177. The minimum Gasteiger partial charge on any atom is -0.452 e. The third kappa shape index (κ3) is 8.11. The predicted molar refractivity (Wildman–Crippen MR) is 246 cm³/mol. The van der Waals surface area contributed by atoms with Crippen LogP contribution >= 0.6 is 0 Å². The summed E-state index contributed by atoms with van der Waals surface area (Å²) in [5.74, 6) is 0. The van der Waals surface area contributed by atoms with E-state index in [2.05, 4.69) is 0 Å². The van der Waals surface area contributed by atoms with E-state index in [1.165, 1.54) is 48.0 Å². The number of carbonyl (C=O) groups excluding carboxylic acids is 4. The highest BCUT2D eigenvalue weighted by atomic mass is 16.6. The molecule has 320 valence electrons. The van der Waals surface area contributed by atoms with Crippen LogP contribution in [0.4, 0.5) is 41.9 Å². The quantitative estimate of drug-likeness (QED) is 0.107. The number of rotatable bonds is 0. The minimum atomic E-state index is -0.567. The van der Waals surface area contributed by atoms with Gasteiger partial charge in [-0.05, 0) is 82.9 Å². The zero-order valence-corrected chi connectivity index (χ0v) is 35.5. The summed E-state index contributed by atoms with van der Waals surface area (Å²) in [4.78, 5) is 69.8. The molecule has 0 radical (unpaired) electrons. The van der Waals surface area contributed by atoms with Crippen molar-refractivity contribution < 1.29 is 38.1 Å². The Hall–Kier alpha value is -8.26. The average Bonchev–Trinajstić information content (AvgIpc) is 3.32. The first kappa shape index (κ1) is 41.1. The Labute approximate surface area is 367 Å². The van der Waals surface area contributed by atoms with Crippen molar-refractivity contribution in [1.82, 2.24) is 9.97 Å². The molecule has 1 aliphatic rings. The molecule has 9 rings (SSSR count). The van der Waals surface area contributed by atoms with Gasteiger partial charge >= 0.3 is 24.4 Å². The number of nitrogens with zero attached hydrogens (tertiary/aromatic N) is 6. The molecule has 0 N–H and O–H groups in total. The van der Waals surface area contributed by atoms with Crippen LogP contribution in [0.3, 0.4) is 0 Å². The number of carbonyl (C=O) groups is 4. The van der Waals surface area contributed by atoms with Crippen molar-refractivity contribution in [3.63, 3.8) is 0 Å². The SMILES string of the molecule is COC(=O)N1Cc2cccc(c2)CN(C(=O)OC)c2ccc3cc4ccc(cc4nc3c2)N(C(=O)OC)Cc2cccc(c2)CN(C(=O)OC)c2ccc3cc4ccc1cc4nc3c2. The van der Waals surface area contributed by atoms with Crippen molar-refractivity contribution in [2.75, 3.05) is 48.0 Å². The maximum absolute atomic E-state index is 13.4. The van der Waals surface area contributed by atoms with Crippen molar-refractivity contribution in [3.05, 3.63) is 156 Å². The van der Waals surface area contributed by atoms with E-state index in [4.69, 9.17) is 28.9 Å². The maximum atomic E-state index is 13.4. The van der Waals surface area contributed by atoms with Gasteiger partial charge in [0, 0.05) is 44.3 Å². The van der Waals surface area contributed by atoms with Gasteiger partial charge in [-0.1, -0.05) is 72.8 Å². The number of anilines is 4. The molecule has 1 aliphatic heterocycles. The number of methoxy groups -OCH3 is 4. The van der Waals surface area contributed by atoms with E-state index in [1.54, 1.807) is 0 Å². The standard InChI is InChI=1S/C50H42N6O8/c1-61-47(57)53-27-31-7-5-8-32(19-31)28-54(48(58)62-2)41-17-13-37-22-38-14-18-42(26-46(38)52-45(37)25-41)56(50(60)64-4)30-34-10-6-9-33(20-34)29-55(49(59)63-3)40-16-12-36-21-35-11-15-39(53)23-43(35)51-44(36)24-40/h5-26H,27-30H2,1-4H3. The Kier molecular flexibility index (Phi) is 11.1. The van der Waals surface area contributed by atoms with E-state index in [1.807, 2.05) is 133 Å². The Morgan fingerprint density at radius 2 is 0.609 bits per heavy atom. The Balaban J connectivity index is 1.20. The second kappa shape index (κ2) is 17.2. The number of ether oxygens (including phenoxy) is 4. The van der Waals surface area contributed by atoms with Crippen LogP contribution < -0.4 is 19.6 Å². The van der Waals surface area contributed by atoms with Crippen LogP contribution in [-0.2, 0) is 45.1 Å². The number of hydrogen-bond acceptors (Lipinski definition) is 10. The third-order valence-electron chi connectivity index (χ3n) is 11.3. The summed E-state index contributed by atoms with van der Waals surface area (Å²) >= 11 is 0. The maximum Gasteiger partial charge on any atom is 0.414 e. The fourth-order valence-electron chi connectivity index (χ4n) is 8.14. The van der Waals surface area contributed by atoms with E-state index < -0.39 is 24.4 Å². The second-order valence-corrected chi connectivity index (χ2v) is 15.3. The molecule has 6 aromatic carbocycles. The van der Waals surface area contributed by atoms with Gasteiger partial charge < -0.3 is 18.9 Å². The number of hydrogen-bond donors (Lipinski definition) is 0. The summed E-state index contributed by atoms with van der Waals surface area (Å²) in [6, 6.07) is 41.5. The molecule has 0 atom stereocenters. The summed E-state index contributed by atoms with van der Waals surface area (Å²) in [5.41, 5.74) is 7.86. The zero-order valence-electron chi connectivity index (χ0n) is 35.5. The first-order valence-corrected chi connectivity index (χ1v) is 20.4. The van der Waals surface area contributed by atoms with Gasteiger partial charge in [0.15, 0.2) is 0 Å². The molecule has 0 unspecified atom stereocenters. The largest absolute Gasteiger partial charge is 0.452 e. The molecule has 0 spiro atoms. The average molecular weight is 855 g/mol. The molecule has 2 aromatic heterocycles. The minimum absolute atomic E-state index is 0.152. The van der Waals surface area contributed by atoms with Crippen molar-refractivity contribution in [2.24, 2.45) is 0 Å². The summed E-state index contributed by atoms with van der Waals surface area (Å²) in [6.45, 7) is 0.610. The van der Waals surface area contributed by atoms with Gasteiger partial charge in [0.1, 0.15) is 0 Å². The lowest BCUT2D eigenvalue weighted by atomic mass is 10.1. The van der Waals surface area contributed by atoms with E-state index >= 15 is 0 Å². The Morgan fingerprint density at radius 1 is 0.359 bits per heavy atom. The van der Waals surface area contributed by atoms with Gasteiger partial charge in [0.05, 0.1) is 76.7 Å². The molecule has 12 bridgehead atoms. The molecule has 4 amide bonds. The van der Waals surface area contributed by atoms with Crippen LogP contribution in [0.1, 0.15) is 22.3 Å². The van der Waals surface area contributed by atoms with Gasteiger partial charge in [-0.25, -0.2) is 29.1 Å². The van der Waals surface area contributed by atoms with Crippen LogP contribution in [-0.4, -0.2) is 62.8 Å². The monoisotopic (exact) mass is 854 g/mol. The highest BCUT2D eigenvalue weighted by molar-refractivity contribution is 6.00. The molecule has 64 heavy (non-hydrogen) atoms. The highest BCUT2D eigenvalue weighted by Gasteiger charge is 2.23. The predicted octanol–water partition coefficient (Wildman–Crippen LogP) is 10.5. The number of aromatic nitrogens is 2. The van der Waals surface area contributed by atoms with Crippen LogP contribution in [0.2, 0.25) is 0 Å². The van der Waals surface area contributed by atoms with Crippen LogP contribution in [0.25, 0.3) is 43.6 Å². The van der Waals surface area contributed by atoms with E-state index in [-0.39, 0.29) is 26.2 Å². The van der Waals surface area contributed by atoms with Gasteiger partial charge in [0.25, 0.3) is 0 Å². The molecule has 3 heterocycles. The van der Waals surface area contributed by atoms with Crippen LogP contribution in [0.5, 0.6) is 0 Å². The molecule has 0 saturated heterocycles. The molecule has 0 saturated carbocycles. The van der Waals surface area contributed by atoms with E-state index in [9.17, 15) is 19.2 Å². The summed E-state index contributed by atoms with van der Waals surface area (Å²) in [5, 5.41) is 3.39. The third-order valence-corrected chi connectivity index (χ3v) is 11.3. The summed E-state index contributed by atoms with van der Waals surface area (Å²) < 4.78 is 21.1. The van der Waals surface area contributed by atoms with Gasteiger partial charge in [-0.2, -0.15) is 0 Å². The number of amides is 4. The summed E-state index contributed by atoms with van der Waals surface area (Å²) in [7, 11) is 5.34. The van der Waals surface area contributed by atoms with Crippen molar-refractivity contribution in [3.8, 4) is 0 Å². The molecule has 14 nitrogen and oxygen atoms in total. The summed E-state index contributed by atoms with van der Waals surface area (Å²) in [6.07, 6.45) is -2.27. The molecule has 14 heteroatoms. The number of benzene rings is 6.